The summed E-state index contributed by atoms with van der Waals surface area (Å²) in [6.45, 7) is 0. The van der Waals surface area contributed by atoms with Gasteiger partial charge in [0.05, 0.1) is 6.20 Å². The van der Waals surface area contributed by atoms with Crippen LogP contribution in [-0.2, 0) is 0 Å². The second-order valence-electron chi connectivity index (χ2n) is 2.79. The Morgan fingerprint density at radius 2 is 2.18 bits per heavy atom. The summed E-state index contributed by atoms with van der Waals surface area (Å²) in [5.74, 6) is 0.337. The molecule has 0 amide bonds. The number of pyridine rings is 1. The van der Waals surface area contributed by atoms with Crippen LogP contribution in [-0.4, -0.2) is 4.98 Å². The number of hydrogen-bond acceptors (Lipinski definition) is 1. The van der Waals surface area contributed by atoms with E-state index in [0.717, 1.165) is 22.0 Å². The Morgan fingerprint density at radius 1 is 1.45 bits per heavy atom. The first kappa shape index (κ1) is 7.46. The third-order valence-corrected chi connectivity index (χ3v) is 2.74. The van der Waals surface area contributed by atoms with Crippen LogP contribution in [0.2, 0.25) is 0 Å². The highest BCUT2D eigenvalue weighted by Gasteiger charge is 2.28. The molecule has 3 heteroatoms. The highest BCUT2D eigenvalue weighted by atomic mass is 127. The van der Waals surface area contributed by atoms with Crippen molar-refractivity contribution in [2.24, 2.45) is 0 Å². The summed E-state index contributed by atoms with van der Waals surface area (Å²) >= 11 is 2.14. The van der Waals surface area contributed by atoms with E-state index < -0.39 is 0 Å². The first-order valence-electron chi connectivity index (χ1n) is 3.58. The van der Waals surface area contributed by atoms with E-state index in [4.69, 9.17) is 0 Å². The third-order valence-electron chi connectivity index (χ3n) is 1.88. The Morgan fingerprint density at radius 3 is 2.73 bits per heavy atom. The average Bonchev–Trinajstić information content (AvgIpc) is 2.70. The van der Waals surface area contributed by atoms with Gasteiger partial charge in [-0.2, -0.15) is 0 Å². The van der Waals surface area contributed by atoms with Gasteiger partial charge in [-0.1, -0.05) is 0 Å². The van der Waals surface area contributed by atoms with Crippen molar-refractivity contribution in [3.63, 3.8) is 0 Å². The summed E-state index contributed by atoms with van der Waals surface area (Å²) in [5, 5.41) is 0. The molecule has 11 heavy (non-hydrogen) atoms. The van der Waals surface area contributed by atoms with Crippen molar-refractivity contribution in [3.05, 3.63) is 27.3 Å². The van der Waals surface area contributed by atoms with E-state index in [1.54, 1.807) is 6.20 Å². The number of rotatable bonds is 1. The van der Waals surface area contributed by atoms with E-state index in [1.165, 1.54) is 6.20 Å². The summed E-state index contributed by atoms with van der Waals surface area (Å²) in [6, 6.07) is 0. The maximum absolute atomic E-state index is 13.1. The Labute approximate surface area is 78.2 Å². The number of halogens is 2. The molecule has 0 atom stereocenters. The molecule has 0 radical (unpaired) electrons. The highest BCUT2D eigenvalue weighted by Crippen LogP contribution is 2.42. The van der Waals surface area contributed by atoms with Crippen molar-refractivity contribution in [1.29, 1.82) is 0 Å². The van der Waals surface area contributed by atoms with Crippen LogP contribution in [0.5, 0.6) is 0 Å². The van der Waals surface area contributed by atoms with Crippen molar-refractivity contribution in [2.45, 2.75) is 18.8 Å². The summed E-state index contributed by atoms with van der Waals surface area (Å²) < 4.78 is 14.0. The van der Waals surface area contributed by atoms with Gasteiger partial charge in [0, 0.05) is 15.3 Å². The molecule has 1 nitrogen and oxygen atoms in total. The molecule has 0 aromatic carbocycles. The van der Waals surface area contributed by atoms with E-state index in [9.17, 15) is 4.39 Å². The van der Waals surface area contributed by atoms with Crippen LogP contribution in [0.4, 0.5) is 4.39 Å². The number of aromatic nitrogens is 1. The van der Waals surface area contributed by atoms with Gasteiger partial charge < -0.3 is 0 Å². The topological polar surface area (TPSA) is 12.9 Å². The van der Waals surface area contributed by atoms with Crippen LogP contribution >= 0.6 is 22.6 Å². The Hall–Kier alpha value is -0.190. The normalized spacial score (nSPS) is 16.9. The summed E-state index contributed by atoms with van der Waals surface area (Å²) in [5.41, 5.74) is 0.876. The minimum Gasteiger partial charge on any atom is -0.261 e. The van der Waals surface area contributed by atoms with Crippen molar-refractivity contribution in [2.75, 3.05) is 0 Å². The molecule has 0 saturated heterocycles. The molecule has 58 valence electrons. The van der Waals surface area contributed by atoms with E-state index in [2.05, 4.69) is 27.6 Å². The van der Waals surface area contributed by atoms with Crippen LogP contribution in [0.3, 0.4) is 0 Å². The molecule has 1 aromatic heterocycles. The fraction of sp³-hybridized carbons (Fsp3) is 0.375. The van der Waals surface area contributed by atoms with Crippen molar-refractivity contribution in [1.82, 2.24) is 4.98 Å². The quantitative estimate of drug-likeness (QED) is 0.710. The maximum Gasteiger partial charge on any atom is 0.146 e. The zero-order valence-corrected chi connectivity index (χ0v) is 8.01. The van der Waals surface area contributed by atoms with Crippen LogP contribution in [0.25, 0.3) is 0 Å². The van der Waals surface area contributed by atoms with E-state index in [-0.39, 0.29) is 5.82 Å². The van der Waals surface area contributed by atoms with Crippen LogP contribution in [0.1, 0.15) is 24.3 Å². The van der Waals surface area contributed by atoms with Crippen molar-refractivity contribution >= 4 is 22.6 Å². The fourth-order valence-corrected chi connectivity index (χ4v) is 2.04. The maximum atomic E-state index is 13.1. The standard InChI is InChI=1S/C8H7FIN/c9-6-3-11-4-7(10)8(6)5-1-2-5/h3-5H,1-2H2. The Balaban J connectivity index is 2.48. The van der Waals surface area contributed by atoms with Gasteiger partial charge in [0.15, 0.2) is 0 Å². The van der Waals surface area contributed by atoms with Gasteiger partial charge in [-0.25, -0.2) is 4.39 Å². The average molecular weight is 263 g/mol. The minimum absolute atomic E-state index is 0.139. The molecule has 1 aliphatic carbocycles. The van der Waals surface area contributed by atoms with Crippen molar-refractivity contribution in [3.8, 4) is 0 Å². The van der Waals surface area contributed by atoms with E-state index in [1.807, 2.05) is 0 Å². The molecule has 0 bridgehead atoms. The largest absolute Gasteiger partial charge is 0.261 e. The molecule has 1 saturated carbocycles. The molecule has 1 heterocycles. The SMILES string of the molecule is Fc1cncc(I)c1C1CC1. The third kappa shape index (κ3) is 1.38. The number of hydrogen-bond donors (Lipinski definition) is 0. The first-order valence-corrected chi connectivity index (χ1v) is 4.66. The molecule has 1 aliphatic rings. The monoisotopic (exact) mass is 263 g/mol. The predicted octanol–water partition coefficient (Wildman–Crippen LogP) is 2.70. The summed E-state index contributed by atoms with van der Waals surface area (Å²) in [6.07, 6.45) is 5.29. The minimum atomic E-state index is -0.139. The molecule has 0 aliphatic heterocycles. The van der Waals surface area contributed by atoms with E-state index in [0.29, 0.717) is 5.92 Å². The lowest BCUT2D eigenvalue weighted by atomic mass is 10.2. The zero-order chi connectivity index (χ0) is 7.84. The highest BCUT2D eigenvalue weighted by molar-refractivity contribution is 14.1. The molecule has 1 aromatic rings. The summed E-state index contributed by atoms with van der Waals surface area (Å²) in [4.78, 5) is 3.77. The molecular weight excluding hydrogens is 256 g/mol. The van der Waals surface area contributed by atoms with Gasteiger partial charge in [-0.3, -0.25) is 4.98 Å². The molecule has 1 fully saturated rings. The lowest BCUT2D eigenvalue weighted by Crippen LogP contribution is -1.92. The predicted molar refractivity (Wildman–Crippen MR) is 48.9 cm³/mol. The number of nitrogens with zero attached hydrogens (tertiary/aromatic N) is 1. The van der Waals surface area contributed by atoms with Crippen LogP contribution in [0, 0.1) is 9.39 Å². The molecule has 0 N–H and O–H groups in total. The second-order valence-corrected chi connectivity index (χ2v) is 3.95. The summed E-state index contributed by atoms with van der Waals surface area (Å²) in [7, 11) is 0. The van der Waals surface area contributed by atoms with Gasteiger partial charge in [0.1, 0.15) is 5.82 Å². The molecule has 2 rings (SSSR count). The smallest absolute Gasteiger partial charge is 0.146 e. The second kappa shape index (κ2) is 2.69. The molecular formula is C8H7FIN. The van der Waals surface area contributed by atoms with Gasteiger partial charge in [0.25, 0.3) is 0 Å². The van der Waals surface area contributed by atoms with Crippen molar-refractivity contribution < 1.29 is 4.39 Å². The van der Waals surface area contributed by atoms with Gasteiger partial charge >= 0.3 is 0 Å². The molecule has 0 spiro atoms. The van der Waals surface area contributed by atoms with Crippen LogP contribution < -0.4 is 0 Å². The van der Waals surface area contributed by atoms with E-state index >= 15 is 0 Å². The lowest BCUT2D eigenvalue weighted by molar-refractivity contribution is 0.602. The lowest BCUT2D eigenvalue weighted by Gasteiger charge is -2.01. The van der Waals surface area contributed by atoms with Gasteiger partial charge in [-0.05, 0) is 41.4 Å². The van der Waals surface area contributed by atoms with Gasteiger partial charge in [0.2, 0.25) is 0 Å². The Bertz CT molecular complexity index is 263. The van der Waals surface area contributed by atoms with Gasteiger partial charge in [-0.15, -0.1) is 0 Å². The van der Waals surface area contributed by atoms with Crippen LogP contribution in [0.15, 0.2) is 12.4 Å². The zero-order valence-electron chi connectivity index (χ0n) is 5.85. The fourth-order valence-electron chi connectivity index (χ4n) is 1.18. The Kier molecular flexibility index (Phi) is 1.83. The molecule has 0 unspecified atom stereocenters. The first-order chi connectivity index (χ1) is 5.29.